The number of hydrogen-bond donors (Lipinski definition) is 3. The van der Waals surface area contributed by atoms with Gasteiger partial charge in [-0.15, -0.1) is 6.58 Å². The highest BCUT2D eigenvalue weighted by molar-refractivity contribution is 7.87. The summed E-state index contributed by atoms with van der Waals surface area (Å²) >= 11 is 0. The van der Waals surface area contributed by atoms with Gasteiger partial charge in [-0.25, -0.2) is 14.5 Å². The molecule has 4 rings (SSSR count). The maximum atomic E-state index is 14.4. The number of fused-ring (bicyclic) bond motifs is 3. The number of amides is 4. The van der Waals surface area contributed by atoms with Gasteiger partial charge in [-0.2, -0.15) is 12.7 Å². The lowest BCUT2D eigenvalue weighted by molar-refractivity contribution is -0.143. The Morgan fingerprint density at radius 3 is 2.56 bits per heavy atom. The van der Waals surface area contributed by atoms with Crippen LogP contribution in [-0.4, -0.2) is 97.4 Å². The van der Waals surface area contributed by atoms with Crippen LogP contribution in [0.3, 0.4) is 0 Å². The molecule has 2 aliphatic heterocycles. The Kier molecular flexibility index (Phi) is 11.6. The van der Waals surface area contributed by atoms with E-state index in [1.165, 1.54) is 32.0 Å². The first-order chi connectivity index (χ1) is 23.4. The number of carbonyl (C=O) groups is 4. The number of alkyl carbamates (subject to hydrolysis) is 1. The molecule has 0 saturated carbocycles. The summed E-state index contributed by atoms with van der Waals surface area (Å²) in [7, 11) is -1.69. The zero-order valence-corrected chi connectivity index (χ0v) is 30.5. The van der Waals surface area contributed by atoms with Crippen LogP contribution in [0, 0.1) is 11.3 Å². The number of nitrogens with zero attached hydrogens (tertiary/aromatic N) is 3. The topological polar surface area (TPSA) is 176 Å². The first-order valence-corrected chi connectivity index (χ1v) is 18.0. The summed E-state index contributed by atoms with van der Waals surface area (Å²) < 4.78 is 39.9. The van der Waals surface area contributed by atoms with Crippen molar-refractivity contribution in [1.82, 2.24) is 29.5 Å². The van der Waals surface area contributed by atoms with Gasteiger partial charge in [-0.05, 0) is 48.3 Å². The quantitative estimate of drug-likeness (QED) is 0.364. The van der Waals surface area contributed by atoms with Gasteiger partial charge in [-0.1, -0.05) is 58.1 Å². The summed E-state index contributed by atoms with van der Waals surface area (Å²) in [6, 6.07) is 5.44. The average molecular weight is 713 g/mol. The van der Waals surface area contributed by atoms with Crippen molar-refractivity contribution in [2.24, 2.45) is 11.3 Å². The molecule has 1 fully saturated rings. The smallest absolute Gasteiger partial charge is 0.407 e. The molecule has 1 aromatic carbocycles. The normalized spacial score (nSPS) is 23.0. The van der Waals surface area contributed by atoms with Gasteiger partial charge in [0.25, 0.3) is 5.91 Å². The molecule has 1 saturated heterocycles. The van der Waals surface area contributed by atoms with Crippen molar-refractivity contribution in [3.63, 3.8) is 0 Å². The molecule has 3 heterocycles. The molecule has 50 heavy (non-hydrogen) atoms. The minimum atomic E-state index is -4.21. The molecule has 1 aromatic heterocycles. The molecule has 4 bridgehead atoms. The van der Waals surface area contributed by atoms with Crippen LogP contribution in [0.5, 0.6) is 5.88 Å². The number of aromatic nitrogens is 1. The van der Waals surface area contributed by atoms with E-state index >= 15 is 0 Å². The van der Waals surface area contributed by atoms with Gasteiger partial charge >= 0.3 is 16.3 Å². The van der Waals surface area contributed by atoms with Crippen molar-refractivity contribution in [1.29, 1.82) is 0 Å². The van der Waals surface area contributed by atoms with Crippen LogP contribution in [0.4, 0.5) is 4.79 Å². The van der Waals surface area contributed by atoms with Crippen molar-refractivity contribution in [2.45, 2.75) is 77.6 Å². The van der Waals surface area contributed by atoms with E-state index in [-0.39, 0.29) is 19.6 Å². The molecular weight excluding hydrogens is 664 g/mol. The molecule has 2 aliphatic rings. The molecule has 272 valence electrons. The van der Waals surface area contributed by atoms with Gasteiger partial charge in [0.15, 0.2) is 0 Å². The second-order valence-corrected chi connectivity index (χ2v) is 16.0. The number of cyclic esters (lactones) is 1. The molecule has 2 aromatic rings. The zero-order chi connectivity index (χ0) is 37.0. The number of hydrogen-bond acceptors (Lipinski definition) is 9. The van der Waals surface area contributed by atoms with E-state index in [0.29, 0.717) is 18.7 Å². The predicted octanol–water partition coefficient (Wildman–Crippen LogP) is 3.15. The van der Waals surface area contributed by atoms with E-state index in [4.69, 9.17) is 9.47 Å². The molecule has 0 unspecified atom stereocenters. The summed E-state index contributed by atoms with van der Waals surface area (Å²) in [6.07, 6.45) is 6.72. The van der Waals surface area contributed by atoms with Gasteiger partial charge < -0.3 is 25.0 Å². The Morgan fingerprint density at radius 1 is 1.18 bits per heavy atom. The second-order valence-electron chi connectivity index (χ2n) is 14.1. The fourth-order valence-electron chi connectivity index (χ4n) is 5.72. The third-order valence-electron chi connectivity index (χ3n) is 9.14. The predicted molar refractivity (Wildman–Crippen MR) is 189 cm³/mol. The lowest BCUT2D eigenvalue weighted by Gasteiger charge is -2.37. The largest absolute Gasteiger partial charge is 0.472 e. The summed E-state index contributed by atoms with van der Waals surface area (Å²) in [5.41, 5.74) is -1.69. The number of pyridine rings is 1. The SMILES string of the molecule is C=C[C@H](C)[C@@](C)(NC(=O)[C@@H]1C[C@@H]2CN1C(=O)[C@H](C(C)(C)C)NC(=O)OCCC/C=C/c1ccc3ccnc(c3c1)O2)C(=O)NS(=O)(=O)N(C)C. The fourth-order valence-corrected chi connectivity index (χ4v) is 6.34. The molecule has 14 nitrogen and oxygen atoms in total. The second kappa shape index (κ2) is 15.2. The average Bonchev–Trinajstić information content (AvgIpc) is 3.47. The van der Waals surface area contributed by atoms with Crippen molar-refractivity contribution in [3.05, 3.63) is 54.8 Å². The molecule has 0 spiro atoms. The summed E-state index contributed by atoms with van der Waals surface area (Å²) in [4.78, 5) is 60.9. The number of benzene rings is 1. The number of ether oxygens (including phenoxy) is 2. The van der Waals surface area contributed by atoms with E-state index in [2.05, 4.69) is 22.2 Å². The number of rotatable bonds is 7. The minimum absolute atomic E-state index is 0.00666. The molecule has 0 radical (unpaired) electrons. The lowest BCUT2D eigenvalue weighted by Crippen LogP contribution is -2.65. The Morgan fingerprint density at radius 2 is 1.90 bits per heavy atom. The highest BCUT2D eigenvalue weighted by Crippen LogP contribution is 2.32. The van der Waals surface area contributed by atoms with Crippen LogP contribution >= 0.6 is 0 Å². The standard InChI is InChI=1S/C35H48N6O8S/c1-9-22(2)35(6,32(44)39-50(46,47)40(7)8)38-29(42)27-20-25-21-41(27)31(43)28(34(3,4)5)37-33(45)48-18-12-10-11-13-23-14-15-24-16-17-36-30(49-25)26(24)19-23/h9,11,13-17,19,22,25,27-28H,1,10,12,18,20-21H2,2-8H3,(H,37,45)(H,38,42)(H,39,44)/b13-11+/t22-,25+,27-,28+,35+/m0/s1. The van der Waals surface area contributed by atoms with Crippen molar-refractivity contribution >= 4 is 50.9 Å². The molecule has 15 heteroatoms. The Hall–Kier alpha value is -4.50. The minimum Gasteiger partial charge on any atom is -0.472 e. The molecule has 0 aliphatic carbocycles. The highest BCUT2D eigenvalue weighted by atomic mass is 32.2. The summed E-state index contributed by atoms with van der Waals surface area (Å²) in [5.74, 6) is -2.70. The maximum absolute atomic E-state index is 14.4. The van der Waals surface area contributed by atoms with Crippen molar-refractivity contribution in [2.75, 3.05) is 27.2 Å². The summed E-state index contributed by atoms with van der Waals surface area (Å²) in [5, 5.41) is 7.06. The number of carbonyl (C=O) groups excluding carboxylic acids is 4. The van der Waals surface area contributed by atoms with Crippen molar-refractivity contribution in [3.8, 4) is 5.88 Å². The number of nitrogens with one attached hydrogen (secondary N) is 3. The molecule has 3 N–H and O–H groups in total. The van der Waals surface area contributed by atoms with Crippen LogP contribution in [0.1, 0.15) is 59.4 Å². The van der Waals surface area contributed by atoms with Crippen LogP contribution in [-0.2, 0) is 29.3 Å². The van der Waals surface area contributed by atoms with E-state index < -0.39 is 69.1 Å². The molecule has 4 amide bonds. The lowest BCUT2D eigenvalue weighted by atomic mass is 9.85. The first-order valence-electron chi connectivity index (χ1n) is 16.5. The van der Waals surface area contributed by atoms with Crippen LogP contribution in [0.2, 0.25) is 0 Å². The van der Waals surface area contributed by atoms with E-state index in [1.54, 1.807) is 33.9 Å². The molecular formula is C35H48N6O8S. The first kappa shape index (κ1) is 38.3. The third-order valence-corrected chi connectivity index (χ3v) is 10.5. The molecule has 5 atom stereocenters. The fraction of sp³-hybridized carbons (Fsp3) is 0.514. The Balaban J connectivity index is 1.76. The van der Waals surface area contributed by atoms with Crippen molar-refractivity contribution < 1.29 is 37.1 Å². The van der Waals surface area contributed by atoms with Gasteiger partial charge in [0.1, 0.15) is 23.7 Å². The van der Waals surface area contributed by atoms with Gasteiger partial charge in [0.05, 0.1) is 13.2 Å². The van der Waals surface area contributed by atoms with E-state index in [0.717, 1.165) is 20.6 Å². The van der Waals surface area contributed by atoms with Gasteiger partial charge in [0.2, 0.25) is 17.7 Å². The zero-order valence-electron chi connectivity index (χ0n) is 29.7. The van der Waals surface area contributed by atoms with Gasteiger partial charge in [-0.3, -0.25) is 14.4 Å². The van der Waals surface area contributed by atoms with Gasteiger partial charge in [0, 0.05) is 38.0 Å². The monoisotopic (exact) mass is 712 g/mol. The highest BCUT2D eigenvalue weighted by Gasteiger charge is 2.49. The third kappa shape index (κ3) is 8.62. The van der Waals surface area contributed by atoms with Crippen LogP contribution in [0.15, 0.2) is 49.2 Å². The van der Waals surface area contributed by atoms with E-state index in [9.17, 15) is 27.6 Å². The Bertz CT molecular complexity index is 1770. The number of allylic oxidation sites excluding steroid dienone is 1. The van der Waals surface area contributed by atoms with E-state index in [1.807, 2.05) is 41.1 Å². The van der Waals surface area contributed by atoms with Crippen LogP contribution in [0.25, 0.3) is 16.8 Å². The maximum Gasteiger partial charge on any atom is 0.407 e. The Labute approximate surface area is 293 Å². The summed E-state index contributed by atoms with van der Waals surface area (Å²) in [6.45, 7) is 12.2. The van der Waals surface area contributed by atoms with Crippen LogP contribution < -0.4 is 20.1 Å².